The molecule has 0 heterocycles. The van der Waals surface area contributed by atoms with Crippen molar-refractivity contribution >= 4 is 15.0 Å². The molecule has 0 amide bonds. The Hall–Kier alpha value is 0.300. The minimum absolute atomic E-state index is 0.0703. The van der Waals surface area contributed by atoms with E-state index in [0.29, 0.717) is 25.0 Å². The van der Waals surface area contributed by atoms with E-state index >= 15 is 0 Å². The number of hydrogen-bond acceptors (Lipinski definition) is 6. The Morgan fingerprint density at radius 1 is 0.750 bits per heavy atom. The predicted octanol–water partition coefficient (Wildman–Crippen LogP) is 7.21. The molecule has 0 bridgehead atoms. The van der Waals surface area contributed by atoms with Crippen LogP contribution in [0.1, 0.15) is 81.1 Å². The van der Waals surface area contributed by atoms with Gasteiger partial charge in [0.1, 0.15) is 0 Å². The second kappa shape index (κ2) is 10.5. The fourth-order valence-electron chi connectivity index (χ4n) is 4.73. The summed E-state index contributed by atoms with van der Waals surface area (Å²) in [6.07, 6.45) is 3.66. The Morgan fingerprint density at radius 3 is 1.72 bits per heavy atom. The van der Waals surface area contributed by atoms with Gasteiger partial charge in [0.2, 0.25) is 7.37 Å². The highest BCUT2D eigenvalue weighted by Crippen LogP contribution is 2.57. The maximum atomic E-state index is 13.2. The van der Waals surface area contributed by atoms with Crippen molar-refractivity contribution in [3.05, 3.63) is 0 Å². The number of ether oxygens (including phenoxy) is 1. The zero-order valence-electron chi connectivity index (χ0n) is 22.1. The molecular weight excluding hydrogens is 446 g/mol. The zero-order chi connectivity index (χ0) is 24.5. The van der Waals surface area contributed by atoms with E-state index in [2.05, 4.69) is 34.6 Å². The van der Waals surface area contributed by atoms with Crippen LogP contribution in [0.15, 0.2) is 0 Å². The van der Waals surface area contributed by atoms with E-state index in [4.69, 9.17) is 18.3 Å². The highest BCUT2D eigenvalue weighted by atomic mass is 31.2. The van der Waals surface area contributed by atoms with Gasteiger partial charge in [0, 0.05) is 30.3 Å². The summed E-state index contributed by atoms with van der Waals surface area (Å²) in [5, 5.41) is -0.402. The first kappa shape index (κ1) is 28.5. The van der Waals surface area contributed by atoms with E-state index in [1.807, 2.05) is 20.8 Å². The van der Waals surface area contributed by atoms with Crippen LogP contribution in [-0.4, -0.2) is 49.5 Å². The topological polar surface area (TPSA) is 71.1 Å². The van der Waals surface area contributed by atoms with Crippen LogP contribution < -0.4 is 0 Å². The van der Waals surface area contributed by atoms with Crippen molar-refractivity contribution in [1.82, 2.24) is 0 Å². The summed E-state index contributed by atoms with van der Waals surface area (Å²) in [6, 6.07) is 0. The Balaban J connectivity index is 1.94. The molecule has 8 atom stereocenters. The van der Waals surface area contributed by atoms with Gasteiger partial charge in [0.25, 0.3) is 0 Å². The van der Waals surface area contributed by atoms with Crippen LogP contribution >= 0.6 is 15.0 Å². The molecule has 190 valence electrons. The van der Waals surface area contributed by atoms with Gasteiger partial charge in [-0.2, -0.15) is 0 Å². The molecule has 2 saturated carbocycles. The van der Waals surface area contributed by atoms with Gasteiger partial charge in [0.05, 0.1) is 31.0 Å². The summed E-state index contributed by atoms with van der Waals surface area (Å²) in [6.45, 7) is 20.4. The standard InChI is InChI=1S/C24H48O6P2/c1-17-11-19(21(13-17)29-23(3,4)5)16-28-32(10,26)30-22-14-18(2)12-20(22)15-27-31(9,25)24(6,7)8/h17-22H,11-16H2,1-10H3. The second-order valence-electron chi connectivity index (χ2n) is 12.5. The van der Waals surface area contributed by atoms with Gasteiger partial charge in [-0.3, -0.25) is 9.13 Å². The van der Waals surface area contributed by atoms with E-state index < -0.39 is 20.1 Å². The molecule has 2 aliphatic rings. The summed E-state index contributed by atoms with van der Waals surface area (Å²) in [5.41, 5.74) is -0.210. The summed E-state index contributed by atoms with van der Waals surface area (Å²) in [4.78, 5) is 0. The van der Waals surface area contributed by atoms with Crippen LogP contribution in [0.2, 0.25) is 0 Å². The van der Waals surface area contributed by atoms with E-state index in [0.717, 1.165) is 25.7 Å². The van der Waals surface area contributed by atoms with E-state index in [9.17, 15) is 9.13 Å². The smallest absolute Gasteiger partial charge is 0.327 e. The van der Waals surface area contributed by atoms with Crippen LogP contribution in [0.25, 0.3) is 0 Å². The van der Waals surface area contributed by atoms with Crippen molar-refractivity contribution in [1.29, 1.82) is 0 Å². The van der Waals surface area contributed by atoms with Gasteiger partial charge >= 0.3 is 7.60 Å². The van der Waals surface area contributed by atoms with Crippen LogP contribution in [-0.2, 0) is 27.4 Å². The molecule has 0 aliphatic heterocycles. The maximum Gasteiger partial charge on any atom is 0.327 e. The lowest BCUT2D eigenvalue weighted by molar-refractivity contribution is -0.0819. The number of hydrogen-bond donors (Lipinski definition) is 0. The Kier molecular flexibility index (Phi) is 9.37. The van der Waals surface area contributed by atoms with E-state index in [-0.39, 0.29) is 29.6 Å². The summed E-state index contributed by atoms with van der Waals surface area (Å²) >= 11 is 0. The van der Waals surface area contributed by atoms with Gasteiger partial charge in [0.15, 0.2) is 0 Å². The highest BCUT2D eigenvalue weighted by Gasteiger charge is 2.41. The largest absolute Gasteiger partial charge is 0.372 e. The normalized spacial score (nSPS) is 35.6. The quantitative estimate of drug-likeness (QED) is 0.315. The summed E-state index contributed by atoms with van der Waals surface area (Å²) in [5.74, 6) is 1.30. The molecule has 2 fully saturated rings. The van der Waals surface area contributed by atoms with Gasteiger partial charge in [-0.15, -0.1) is 0 Å². The third-order valence-electron chi connectivity index (χ3n) is 6.84. The van der Waals surface area contributed by atoms with Crippen molar-refractivity contribution in [3.8, 4) is 0 Å². The van der Waals surface area contributed by atoms with Crippen LogP contribution in [0.3, 0.4) is 0 Å². The monoisotopic (exact) mass is 494 g/mol. The highest BCUT2D eigenvalue weighted by molar-refractivity contribution is 7.59. The third kappa shape index (κ3) is 8.51. The zero-order valence-corrected chi connectivity index (χ0v) is 23.8. The van der Waals surface area contributed by atoms with Crippen molar-refractivity contribution in [3.63, 3.8) is 0 Å². The van der Waals surface area contributed by atoms with Crippen molar-refractivity contribution < 1.29 is 27.4 Å². The Labute approximate surface area is 196 Å². The molecule has 8 heteroatoms. The predicted molar refractivity (Wildman–Crippen MR) is 132 cm³/mol. The molecule has 0 aromatic heterocycles. The average Bonchev–Trinajstić information content (AvgIpc) is 3.09. The first-order valence-electron chi connectivity index (χ1n) is 12.2. The molecule has 0 spiro atoms. The SMILES string of the molecule is CC1CC(COP(C)(=O)OC2CC(C)CC2COP(C)(=O)C(C)(C)C)C(OC(C)(C)C)C1. The lowest BCUT2D eigenvalue weighted by atomic mass is 10.1. The lowest BCUT2D eigenvalue weighted by Gasteiger charge is -2.31. The van der Waals surface area contributed by atoms with Crippen LogP contribution in [0.5, 0.6) is 0 Å². The average molecular weight is 495 g/mol. The van der Waals surface area contributed by atoms with Gasteiger partial charge in [-0.05, 0) is 58.3 Å². The number of rotatable bonds is 9. The minimum Gasteiger partial charge on any atom is -0.372 e. The van der Waals surface area contributed by atoms with Gasteiger partial charge in [-0.25, -0.2) is 0 Å². The van der Waals surface area contributed by atoms with Crippen LogP contribution in [0, 0.1) is 23.7 Å². The van der Waals surface area contributed by atoms with Gasteiger partial charge < -0.3 is 18.3 Å². The maximum absolute atomic E-state index is 13.2. The fraction of sp³-hybridized carbons (Fsp3) is 1.00. The first-order chi connectivity index (χ1) is 14.4. The van der Waals surface area contributed by atoms with Crippen molar-refractivity contribution in [2.75, 3.05) is 26.5 Å². The molecular formula is C24H48O6P2. The molecule has 0 radical (unpaired) electrons. The van der Waals surface area contributed by atoms with Crippen molar-refractivity contribution in [2.24, 2.45) is 23.7 Å². The molecule has 8 unspecified atom stereocenters. The molecule has 2 rings (SSSR count). The molecule has 0 aromatic carbocycles. The first-order valence-corrected chi connectivity index (χ1v) is 16.2. The fourth-order valence-corrected chi connectivity index (χ4v) is 6.86. The molecule has 0 aromatic rings. The summed E-state index contributed by atoms with van der Waals surface area (Å²) in [7, 11) is -5.99. The van der Waals surface area contributed by atoms with E-state index in [1.165, 1.54) is 0 Å². The molecule has 0 N–H and O–H groups in total. The molecule has 0 saturated heterocycles. The van der Waals surface area contributed by atoms with Crippen molar-refractivity contribution in [2.45, 2.75) is 104 Å². The lowest BCUT2D eigenvalue weighted by Crippen LogP contribution is -2.31. The molecule has 6 nitrogen and oxygen atoms in total. The molecule has 2 aliphatic carbocycles. The minimum atomic E-state index is -3.23. The third-order valence-corrected chi connectivity index (χ3v) is 11.2. The van der Waals surface area contributed by atoms with Gasteiger partial charge in [-0.1, -0.05) is 34.6 Å². The Bertz CT molecular complexity index is 710. The molecule has 32 heavy (non-hydrogen) atoms. The Morgan fingerprint density at radius 2 is 1.22 bits per heavy atom. The second-order valence-corrected chi connectivity index (χ2v) is 17.8. The van der Waals surface area contributed by atoms with E-state index in [1.54, 1.807) is 13.3 Å². The summed E-state index contributed by atoms with van der Waals surface area (Å²) < 4.78 is 50.3. The van der Waals surface area contributed by atoms with Crippen LogP contribution in [0.4, 0.5) is 0 Å².